The molecule has 2 heterocycles. The van der Waals surface area contributed by atoms with Crippen molar-refractivity contribution in [3.8, 4) is 0 Å². The average molecular weight is 266 g/mol. The molecule has 18 heavy (non-hydrogen) atoms. The molecule has 1 aliphatic heterocycles. The van der Waals surface area contributed by atoms with Gasteiger partial charge in [0, 0.05) is 7.05 Å². The Morgan fingerprint density at radius 2 is 1.94 bits per heavy atom. The number of nitrogen functional groups attached to an aromatic ring is 1. The Labute approximate surface area is 107 Å². The molecule has 0 bridgehead atoms. The molecule has 94 valence electrons. The van der Waals surface area contributed by atoms with Gasteiger partial charge in [-0.3, -0.25) is 19.7 Å². The zero-order valence-corrected chi connectivity index (χ0v) is 10.5. The van der Waals surface area contributed by atoms with Crippen LogP contribution in [0.15, 0.2) is 5.03 Å². The number of thioether (sulfide) groups is 1. The first-order valence-corrected chi connectivity index (χ1v) is 6.19. The van der Waals surface area contributed by atoms with E-state index in [2.05, 4.69) is 15.6 Å². The van der Waals surface area contributed by atoms with E-state index in [0.717, 1.165) is 0 Å². The summed E-state index contributed by atoms with van der Waals surface area (Å²) in [5.41, 5.74) is 5.72. The zero-order valence-electron chi connectivity index (χ0n) is 9.66. The SMILES string of the molecule is CNC(=O)c1c(N)nc(SC)c2c1C(=O)NC2=O. The van der Waals surface area contributed by atoms with Gasteiger partial charge in [0.05, 0.1) is 16.7 Å². The Balaban J connectivity index is 2.82. The lowest BCUT2D eigenvalue weighted by Gasteiger charge is -2.09. The number of nitrogens with zero attached hydrogens (tertiary/aromatic N) is 1. The zero-order chi connectivity index (χ0) is 13.4. The highest BCUT2D eigenvalue weighted by molar-refractivity contribution is 7.98. The highest BCUT2D eigenvalue weighted by Gasteiger charge is 2.36. The van der Waals surface area contributed by atoms with E-state index in [1.165, 1.54) is 18.8 Å². The molecule has 0 saturated heterocycles. The summed E-state index contributed by atoms with van der Waals surface area (Å²) < 4.78 is 0. The summed E-state index contributed by atoms with van der Waals surface area (Å²) in [6.45, 7) is 0. The topological polar surface area (TPSA) is 114 Å². The van der Waals surface area contributed by atoms with Gasteiger partial charge in [-0.15, -0.1) is 11.8 Å². The number of nitrogens with two attached hydrogens (primary N) is 1. The molecule has 0 radical (unpaired) electrons. The van der Waals surface area contributed by atoms with Crippen LogP contribution in [0.4, 0.5) is 5.82 Å². The second-order valence-electron chi connectivity index (χ2n) is 3.49. The average Bonchev–Trinajstić information content (AvgIpc) is 2.63. The largest absolute Gasteiger partial charge is 0.383 e. The Morgan fingerprint density at radius 3 is 2.50 bits per heavy atom. The summed E-state index contributed by atoms with van der Waals surface area (Å²) in [6, 6.07) is 0. The number of nitrogens with one attached hydrogen (secondary N) is 2. The van der Waals surface area contributed by atoms with Crippen molar-refractivity contribution in [3.05, 3.63) is 16.7 Å². The standard InChI is InChI=1S/C10H10N4O3S/c1-12-7(15)4-3-5(9(17)14-8(3)16)10(18-2)13-6(4)11/h1-2H3,(H2,11,13)(H,12,15)(H,14,16,17). The maximum absolute atomic E-state index is 11.7. The normalized spacial score (nSPS) is 13.2. The van der Waals surface area contributed by atoms with Crippen LogP contribution in [0.25, 0.3) is 0 Å². The van der Waals surface area contributed by atoms with Crippen LogP contribution in [0.1, 0.15) is 31.1 Å². The van der Waals surface area contributed by atoms with E-state index in [4.69, 9.17) is 5.73 Å². The van der Waals surface area contributed by atoms with Crippen LogP contribution in [-0.2, 0) is 0 Å². The van der Waals surface area contributed by atoms with Crippen molar-refractivity contribution < 1.29 is 14.4 Å². The van der Waals surface area contributed by atoms with Gasteiger partial charge in [-0.1, -0.05) is 0 Å². The van der Waals surface area contributed by atoms with Gasteiger partial charge in [0.15, 0.2) is 0 Å². The number of pyridine rings is 1. The van der Waals surface area contributed by atoms with Crippen molar-refractivity contribution in [2.24, 2.45) is 0 Å². The first kappa shape index (κ1) is 12.4. The number of amides is 3. The Hall–Kier alpha value is -2.09. The molecule has 7 nitrogen and oxygen atoms in total. The van der Waals surface area contributed by atoms with Gasteiger partial charge in [0.1, 0.15) is 10.8 Å². The fourth-order valence-corrected chi connectivity index (χ4v) is 2.34. The van der Waals surface area contributed by atoms with Gasteiger partial charge < -0.3 is 11.1 Å². The maximum atomic E-state index is 11.7. The smallest absolute Gasteiger partial charge is 0.261 e. The molecular formula is C10H10N4O3S. The van der Waals surface area contributed by atoms with Gasteiger partial charge in [0.2, 0.25) is 0 Å². The third-order valence-electron chi connectivity index (χ3n) is 2.52. The minimum absolute atomic E-state index is 0.00352. The molecule has 1 aromatic heterocycles. The molecule has 8 heteroatoms. The number of fused-ring (bicyclic) bond motifs is 1. The third-order valence-corrected chi connectivity index (χ3v) is 3.20. The maximum Gasteiger partial charge on any atom is 0.261 e. The molecule has 1 aliphatic rings. The van der Waals surface area contributed by atoms with Crippen molar-refractivity contribution in [1.29, 1.82) is 0 Å². The number of rotatable bonds is 2. The molecule has 0 saturated carbocycles. The second kappa shape index (κ2) is 4.30. The van der Waals surface area contributed by atoms with Crippen LogP contribution in [0.2, 0.25) is 0 Å². The fraction of sp³-hybridized carbons (Fsp3) is 0.200. The van der Waals surface area contributed by atoms with Crippen molar-refractivity contribution in [2.75, 3.05) is 19.0 Å². The molecule has 0 fully saturated rings. The van der Waals surface area contributed by atoms with Crippen LogP contribution in [0, 0.1) is 0 Å². The van der Waals surface area contributed by atoms with E-state index in [1.54, 1.807) is 6.26 Å². The minimum Gasteiger partial charge on any atom is -0.383 e. The van der Waals surface area contributed by atoms with Crippen molar-refractivity contribution >= 4 is 35.3 Å². The van der Waals surface area contributed by atoms with Crippen molar-refractivity contribution in [3.63, 3.8) is 0 Å². The van der Waals surface area contributed by atoms with E-state index in [-0.39, 0.29) is 22.5 Å². The van der Waals surface area contributed by atoms with Gasteiger partial charge in [-0.05, 0) is 6.26 Å². The molecule has 1 aromatic rings. The number of hydrogen-bond donors (Lipinski definition) is 3. The van der Waals surface area contributed by atoms with Crippen LogP contribution in [-0.4, -0.2) is 36.0 Å². The summed E-state index contributed by atoms with van der Waals surface area (Å²) in [4.78, 5) is 39.1. The Morgan fingerprint density at radius 1 is 1.33 bits per heavy atom. The summed E-state index contributed by atoms with van der Waals surface area (Å²) in [5, 5.41) is 4.84. The van der Waals surface area contributed by atoms with Gasteiger partial charge in [0.25, 0.3) is 17.7 Å². The molecule has 3 amide bonds. The number of carbonyl (C=O) groups is 3. The summed E-state index contributed by atoms with van der Waals surface area (Å²) >= 11 is 1.19. The highest BCUT2D eigenvalue weighted by atomic mass is 32.2. The lowest BCUT2D eigenvalue weighted by molar-refractivity contribution is 0.0871. The summed E-state index contributed by atoms with van der Waals surface area (Å²) in [7, 11) is 1.41. The molecule has 4 N–H and O–H groups in total. The van der Waals surface area contributed by atoms with E-state index < -0.39 is 17.7 Å². The van der Waals surface area contributed by atoms with Crippen molar-refractivity contribution in [1.82, 2.24) is 15.6 Å². The van der Waals surface area contributed by atoms with Gasteiger partial charge in [-0.2, -0.15) is 0 Å². The highest BCUT2D eigenvalue weighted by Crippen LogP contribution is 2.30. The minimum atomic E-state index is -0.627. The van der Waals surface area contributed by atoms with Gasteiger partial charge >= 0.3 is 0 Å². The number of imide groups is 1. The molecule has 0 spiro atoms. The van der Waals surface area contributed by atoms with Crippen LogP contribution in [0.5, 0.6) is 0 Å². The first-order chi connectivity index (χ1) is 8.51. The van der Waals surface area contributed by atoms with E-state index in [9.17, 15) is 14.4 Å². The molecule has 0 unspecified atom stereocenters. The van der Waals surface area contributed by atoms with E-state index >= 15 is 0 Å². The number of aromatic nitrogens is 1. The summed E-state index contributed by atoms with van der Waals surface area (Å²) in [5.74, 6) is -1.80. The Bertz CT molecular complexity index is 585. The molecule has 0 aromatic carbocycles. The monoisotopic (exact) mass is 266 g/mol. The van der Waals surface area contributed by atoms with Crippen LogP contribution in [0.3, 0.4) is 0 Å². The quantitative estimate of drug-likeness (QED) is 0.497. The predicted molar refractivity (Wildman–Crippen MR) is 65.6 cm³/mol. The number of anilines is 1. The van der Waals surface area contributed by atoms with Crippen LogP contribution >= 0.6 is 11.8 Å². The fourth-order valence-electron chi connectivity index (χ4n) is 1.75. The lowest BCUT2D eigenvalue weighted by Crippen LogP contribution is -2.25. The van der Waals surface area contributed by atoms with Crippen molar-refractivity contribution in [2.45, 2.75) is 5.03 Å². The predicted octanol–water partition coefficient (Wildman–Crippen LogP) is -0.371. The molecule has 0 atom stereocenters. The molecule has 0 aliphatic carbocycles. The Kier molecular flexibility index (Phi) is 2.95. The van der Waals surface area contributed by atoms with Crippen LogP contribution < -0.4 is 16.4 Å². The lowest BCUT2D eigenvalue weighted by atomic mass is 10.0. The van der Waals surface area contributed by atoms with E-state index in [1.807, 2.05) is 0 Å². The molecular weight excluding hydrogens is 256 g/mol. The third kappa shape index (κ3) is 1.61. The first-order valence-electron chi connectivity index (χ1n) is 4.96. The summed E-state index contributed by atoms with van der Waals surface area (Å²) in [6.07, 6.45) is 1.71. The second-order valence-corrected chi connectivity index (χ2v) is 4.29. The van der Waals surface area contributed by atoms with Gasteiger partial charge in [-0.25, -0.2) is 4.98 Å². The number of carbonyl (C=O) groups excluding carboxylic acids is 3. The van der Waals surface area contributed by atoms with E-state index in [0.29, 0.717) is 5.03 Å². The number of hydrogen-bond acceptors (Lipinski definition) is 6. The molecule has 2 rings (SSSR count).